The van der Waals surface area contributed by atoms with E-state index < -0.39 is 0 Å². The zero-order chi connectivity index (χ0) is 9.52. The summed E-state index contributed by atoms with van der Waals surface area (Å²) in [5.41, 5.74) is 0.976. The molecule has 0 aromatic carbocycles. The second-order valence-corrected chi connectivity index (χ2v) is 2.56. The Balaban J connectivity index is 2.41. The number of rotatable bonds is 4. The molecule has 0 aliphatic rings. The molecule has 0 aliphatic heterocycles. The lowest BCUT2D eigenvalue weighted by atomic mass is 10.4. The van der Waals surface area contributed by atoms with Gasteiger partial charge >= 0.3 is 0 Å². The summed E-state index contributed by atoms with van der Waals surface area (Å²) in [6.07, 6.45) is 7.51. The summed E-state index contributed by atoms with van der Waals surface area (Å²) in [6, 6.07) is 1.89. The van der Waals surface area contributed by atoms with Gasteiger partial charge in [0.15, 0.2) is 0 Å². The quantitative estimate of drug-likeness (QED) is 0.568. The van der Waals surface area contributed by atoms with Crippen LogP contribution < -0.4 is 0 Å². The van der Waals surface area contributed by atoms with Crippen molar-refractivity contribution in [2.75, 3.05) is 0 Å². The van der Waals surface area contributed by atoms with E-state index in [9.17, 15) is 0 Å². The molecule has 70 valence electrons. The van der Waals surface area contributed by atoms with Gasteiger partial charge in [0, 0.05) is 6.20 Å². The van der Waals surface area contributed by atoms with Crippen molar-refractivity contribution in [2.45, 2.75) is 20.5 Å². The maximum Gasteiger partial charge on any atom is 0.130 e. The number of hydrogen-bond donors (Lipinski definition) is 1. The first-order valence-electron chi connectivity index (χ1n) is 4.27. The number of aromatic nitrogens is 2. The van der Waals surface area contributed by atoms with Crippen molar-refractivity contribution in [2.24, 2.45) is 0 Å². The van der Waals surface area contributed by atoms with Crippen LogP contribution in [0.1, 0.15) is 19.5 Å². The van der Waals surface area contributed by atoms with Crippen molar-refractivity contribution in [1.82, 2.24) is 10.2 Å². The van der Waals surface area contributed by atoms with Crippen LogP contribution in [0.4, 0.5) is 0 Å². The lowest BCUT2D eigenvalue weighted by Gasteiger charge is -2.03. The van der Waals surface area contributed by atoms with Crippen LogP contribution in [0.25, 0.3) is 0 Å². The largest absolute Gasteiger partial charge is 0.488 e. The normalized spacial score (nSPS) is 12.3. The molecule has 0 fully saturated rings. The van der Waals surface area contributed by atoms with Gasteiger partial charge in [-0.2, -0.15) is 5.10 Å². The number of nitrogens with one attached hydrogen (secondary N) is 1. The summed E-state index contributed by atoms with van der Waals surface area (Å²) < 4.78 is 5.48. The van der Waals surface area contributed by atoms with Gasteiger partial charge in [0.05, 0.1) is 5.69 Å². The monoisotopic (exact) mass is 178 g/mol. The fourth-order valence-corrected chi connectivity index (χ4v) is 0.918. The van der Waals surface area contributed by atoms with Crippen LogP contribution in [0.5, 0.6) is 0 Å². The summed E-state index contributed by atoms with van der Waals surface area (Å²) in [4.78, 5) is 0. The topological polar surface area (TPSA) is 37.9 Å². The molecule has 0 saturated carbocycles. The molecule has 0 atom stereocenters. The highest BCUT2D eigenvalue weighted by Crippen LogP contribution is 2.04. The molecule has 1 aromatic rings. The standard InChI is InChI=1S/C10H14N2O/c1-3-5-10(4-2)13-8-9-6-7-11-12-9/h3-7H,8H2,1-2H3,(H,11,12). The van der Waals surface area contributed by atoms with Gasteiger partial charge in [-0.05, 0) is 32.1 Å². The Morgan fingerprint density at radius 3 is 3.00 bits per heavy atom. The molecule has 13 heavy (non-hydrogen) atoms. The van der Waals surface area contributed by atoms with Crippen molar-refractivity contribution in [3.8, 4) is 0 Å². The molecule has 0 aliphatic carbocycles. The van der Waals surface area contributed by atoms with Gasteiger partial charge in [0.1, 0.15) is 12.4 Å². The lowest BCUT2D eigenvalue weighted by Crippen LogP contribution is -1.91. The van der Waals surface area contributed by atoms with Crippen molar-refractivity contribution in [3.05, 3.63) is 41.9 Å². The molecule has 3 nitrogen and oxygen atoms in total. The van der Waals surface area contributed by atoms with Crippen LogP contribution in [0.15, 0.2) is 36.3 Å². The smallest absolute Gasteiger partial charge is 0.130 e. The third-order valence-electron chi connectivity index (χ3n) is 1.57. The van der Waals surface area contributed by atoms with Crippen molar-refractivity contribution in [3.63, 3.8) is 0 Å². The fourth-order valence-electron chi connectivity index (χ4n) is 0.918. The minimum absolute atomic E-state index is 0.532. The maximum absolute atomic E-state index is 5.48. The fraction of sp³-hybridized carbons (Fsp3) is 0.300. The first-order valence-corrected chi connectivity index (χ1v) is 4.27. The Morgan fingerprint density at radius 1 is 1.62 bits per heavy atom. The minimum atomic E-state index is 0.532. The van der Waals surface area contributed by atoms with E-state index >= 15 is 0 Å². The summed E-state index contributed by atoms with van der Waals surface area (Å²) in [5.74, 6) is 0.872. The molecule has 1 aromatic heterocycles. The predicted molar refractivity (Wildman–Crippen MR) is 51.9 cm³/mol. The summed E-state index contributed by atoms with van der Waals surface area (Å²) in [6.45, 7) is 4.44. The number of ether oxygens (including phenoxy) is 1. The number of aromatic amines is 1. The Kier molecular flexibility index (Phi) is 3.82. The number of nitrogens with zero attached hydrogens (tertiary/aromatic N) is 1. The van der Waals surface area contributed by atoms with E-state index in [1.165, 1.54) is 0 Å². The van der Waals surface area contributed by atoms with E-state index in [1.54, 1.807) is 6.20 Å². The number of hydrogen-bond acceptors (Lipinski definition) is 2. The molecule has 0 unspecified atom stereocenters. The van der Waals surface area contributed by atoms with E-state index in [1.807, 2.05) is 38.1 Å². The minimum Gasteiger partial charge on any atom is -0.488 e. The third kappa shape index (κ3) is 3.15. The molecule has 1 N–H and O–H groups in total. The van der Waals surface area contributed by atoms with Gasteiger partial charge in [-0.15, -0.1) is 0 Å². The van der Waals surface area contributed by atoms with E-state index in [0.717, 1.165) is 11.5 Å². The van der Waals surface area contributed by atoms with Crippen molar-refractivity contribution >= 4 is 0 Å². The van der Waals surface area contributed by atoms with Gasteiger partial charge < -0.3 is 4.74 Å². The second-order valence-electron chi connectivity index (χ2n) is 2.56. The molecule has 3 heteroatoms. The van der Waals surface area contributed by atoms with Gasteiger partial charge in [0.2, 0.25) is 0 Å². The lowest BCUT2D eigenvalue weighted by molar-refractivity contribution is 0.207. The van der Waals surface area contributed by atoms with Crippen LogP contribution in [0.3, 0.4) is 0 Å². The molecule has 1 rings (SSSR count). The van der Waals surface area contributed by atoms with E-state index in [0.29, 0.717) is 6.61 Å². The van der Waals surface area contributed by atoms with Crippen LogP contribution in [-0.4, -0.2) is 10.2 Å². The van der Waals surface area contributed by atoms with E-state index in [-0.39, 0.29) is 0 Å². The zero-order valence-corrected chi connectivity index (χ0v) is 7.95. The van der Waals surface area contributed by atoms with E-state index in [4.69, 9.17) is 4.74 Å². The molecule has 0 amide bonds. The molecule has 0 spiro atoms. The van der Waals surface area contributed by atoms with Crippen LogP contribution in [-0.2, 0) is 11.3 Å². The van der Waals surface area contributed by atoms with E-state index in [2.05, 4.69) is 10.2 Å². The third-order valence-corrected chi connectivity index (χ3v) is 1.57. The second kappa shape index (κ2) is 5.19. The average Bonchev–Trinajstić information content (AvgIpc) is 2.64. The summed E-state index contributed by atoms with van der Waals surface area (Å²) in [5, 5.41) is 6.66. The molecule has 0 radical (unpaired) electrons. The van der Waals surface area contributed by atoms with Gasteiger partial charge in [0.25, 0.3) is 0 Å². The predicted octanol–water partition coefficient (Wildman–Crippen LogP) is 2.41. The summed E-state index contributed by atoms with van der Waals surface area (Å²) >= 11 is 0. The molecule has 0 saturated heterocycles. The van der Waals surface area contributed by atoms with Gasteiger partial charge in [-0.3, -0.25) is 5.10 Å². The van der Waals surface area contributed by atoms with Crippen molar-refractivity contribution < 1.29 is 4.74 Å². The molecule has 0 bridgehead atoms. The average molecular weight is 178 g/mol. The summed E-state index contributed by atoms with van der Waals surface area (Å²) in [7, 11) is 0. The van der Waals surface area contributed by atoms with Gasteiger partial charge in [-0.1, -0.05) is 6.08 Å². The molecular weight excluding hydrogens is 164 g/mol. The van der Waals surface area contributed by atoms with Crippen LogP contribution >= 0.6 is 0 Å². The molecule has 1 heterocycles. The number of H-pyrrole nitrogens is 1. The Morgan fingerprint density at radius 2 is 2.46 bits per heavy atom. The SMILES string of the molecule is CC=CC(=CC)OCc1ccn[nH]1. The van der Waals surface area contributed by atoms with Crippen LogP contribution in [0.2, 0.25) is 0 Å². The molecular formula is C10H14N2O. The Labute approximate surface area is 78.1 Å². The first kappa shape index (κ1) is 9.58. The highest BCUT2D eigenvalue weighted by atomic mass is 16.5. The highest BCUT2D eigenvalue weighted by molar-refractivity contribution is 5.10. The first-order chi connectivity index (χ1) is 6.36. The zero-order valence-electron chi connectivity index (χ0n) is 7.95. The maximum atomic E-state index is 5.48. The Bertz CT molecular complexity index is 286. The van der Waals surface area contributed by atoms with Crippen molar-refractivity contribution in [1.29, 1.82) is 0 Å². The van der Waals surface area contributed by atoms with Gasteiger partial charge in [-0.25, -0.2) is 0 Å². The number of allylic oxidation sites excluding steroid dienone is 3. The highest BCUT2D eigenvalue weighted by Gasteiger charge is 1.94. The Hall–Kier alpha value is -1.51. The van der Waals surface area contributed by atoms with Crippen LogP contribution in [0, 0.1) is 0 Å².